The highest BCUT2D eigenvalue weighted by molar-refractivity contribution is 6.30. The van der Waals surface area contributed by atoms with Gasteiger partial charge in [0.2, 0.25) is 5.95 Å². The van der Waals surface area contributed by atoms with Crippen molar-refractivity contribution in [2.45, 2.75) is 6.04 Å². The smallest absolute Gasteiger partial charge is 0.407 e. The largest absolute Gasteiger partial charge is 0.447 e. The molecule has 1 amide bonds. The zero-order chi connectivity index (χ0) is 21.8. The van der Waals surface area contributed by atoms with Crippen LogP contribution in [0.4, 0.5) is 9.18 Å². The Balaban J connectivity index is 0.000000299. The lowest BCUT2D eigenvalue weighted by atomic mass is 10.1. The molecule has 3 heterocycles. The number of hydrogen-bond donors (Lipinski definition) is 1. The minimum absolute atomic E-state index is 0.0803. The minimum atomic E-state index is -0.641. The molecule has 0 saturated carbocycles. The predicted octanol–water partition coefficient (Wildman–Crippen LogP) is 4.39. The van der Waals surface area contributed by atoms with Crippen molar-refractivity contribution < 1.29 is 13.9 Å². The first-order chi connectivity index (χ1) is 14.6. The van der Waals surface area contributed by atoms with Gasteiger partial charge in [-0.05, 0) is 30.3 Å². The van der Waals surface area contributed by atoms with Gasteiger partial charge in [0.05, 0.1) is 6.04 Å². The van der Waals surface area contributed by atoms with Crippen LogP contribution >= 0.6 is 11.6 Å². The Morgan fingerprint density at radius 2 is 1.83 bits per heavy atom. The fraction of sp³-hybridized carbons (Fsp3) is 0.0870. The number of terminal acetylenes is 1. The highest BCUT2D eigenvalue weighted by atomic mass is 35.5. The third-order valence-corrected chi connectivity index (χ3v) is 3.91. The first-order valence-electron chi connectivity index (χ1n) is 8.66. The van der Waals surface area contributed by atoms with Crippen molar-refractivity contribution in [1.29, 1.82) is 0 Å². The summed E-state index contributed by atoms with van der Waals surface area (Å²) in [6.07, 6.45) is 12.1. The van der Waals surface area contributed by atoms with E-state index < -0.39 is 18.1 Å². The van der Waals surface area contributed by atoms with Crippen LogP contribution in [0.25, 0.3) is 0 Å². The lowest BCUT2D eigenvalue weighted by molar-refractivity contribution is 0.176. The zero-order valence-corrected chi connectivity index (χ0v) is 16.5. The molecule has 0 bridgehead atoms. The average molecular weight is 422 g/mol. The summed E-state index contributed by atoms with van der Waals surface area (Å²) in [5.41, 5.74) is 1.57. The second-order valence-corrected chi connectivity index (χ2v) is 6.12. The van der Waals surface area contributed by atoms with Crippen LogP contribution in [0.1, 0.15) is 22.7 Å². The molecule has 150 valence electrons. The number of pyridine rings is 2. The normalized spacial score (nSPS) is 13.7. The SMILES string of the molecule is C#C.Clc1ccccc1.O=C1N[C@H](c2cc(C#Cc3cccnc3)cnc2F)CO1. The molecule has 1 saturated heterocycles. The number of alkyl carbamates (subject to hydrolysis) is 1. The molecule has 2 aromatic heterocycles. The number of nitrogens with one attached hydrogen (secondary N) is 1. The number of cyclic esters (lactones) is 1. The second kappa shape index (κ2) is 11.9. The molecule has 1 aliphatic rings. The summed E-state index contributed by atoms with van der Waals surface area (Å²) in [5, 5.41) is 3.31. The monoisotopic (exact) mass is 421 g/mol. The van der Waals surface area contributed by atoms with E-state index in [1.807, 2.05) is 36.4 Å². The van der Waals surface area contributed by atoms with E-state index >= 15 is 0 Å². The summed E-state index contributed by atoms with van der Waals surface area (Å²) < 4.78 is 18.5. The van der Waals surface area contributed by atoms with E-state index in [4.69, 9.17) is 16.3 Å². The van der Waals surface area contributed by atoms with Gasteiger partial charge in [-0.3, -0.25) is 4.98 Å². The van der Waals surface area contributed by atoms with Crippen LogP contribution in [0, 0.1) is 30.6 Å². The van der Waals surface area contributed by atoms with E-state index in [0.717, 1.165) is 10.6 Å². The maximum atomic E-state index is 13.7. The van der Waals surface area contributed by atoms with E-state index in [0.29, 0.717) is 5.56 Å². The van der Waals surface area contributed by atoms with E-state index in [9.17, 15) is 9.18 Å². The third kappa shape index (κ3) is 6.94. The summed E-state index contributed by atoms with van der Waals surface area (Å²) in [6, 6.07) is 14.1. The quantitative estimate of drug-likeness (QED) is 0.467. The number of carbonyl (C=O) groups is 1. The Morgan fingerprint density at radius 1 is 1.10 bits per heavy atom. The molecule has 1 atom stereocenters. The molecular weight excluding hydrogens is 405 g/mol. The molecular formula is C23H17ClFN3O2. The van der Waals surface area contributed by atoms with Crippen LogP contribution in [0.2, 0.25) is 5.02 Å². The second-order valence-electron chi connectivity index (χ2n) is 5.69. The first-order valence-corrected chi connectivity index (χ1v) is 9.04. The van der Waals surface area contributed by atoms with Crippen LogP contribution in [0.5, 0.6) is 0 Å². The Labute approximate surface area is 179 Å². The highest BCUT2D eigenvalue weighted by Crippen LogP contribution is 2.20. The molecule has 1 aliphatic heterocycles. The van der Waals surface area contributed by atoms with E-state index in [1.54, 1.807) is 24.5 Å². The van der Waals surface area contributed by atoms with Gasteiger partial charge in [-0.2, -0.15) is 4.39 Å². The van der Waals surface area contributed by atoms with Crippen molar-refractivity contribution in [1.82, 2.24) is 15.3 Å². The van der Waals surface area contributed by atoms with E-state index in [-0.39, 0.29) is 12.2 Å². The van der Waals surface area contributed by atoms with Crippen molar-refractivity contribution >= 4 is 17.7 Å². The molecule has 0 unspecified atom stereocenters. The highest BCUT2D eigenvalue weighted by Gasteiger charge is 2.26. The molecule has 4 rings (SSSR count). The van der Waals surface area contributed by atoms with Crippen molar-refractivity contribution in [2.24, 2.45) is 0 Å². The van der Waals surface area contributed by atoms with Crippen LogP contribution in [0.15, 0.2) is 67.1 Å². The van der Waals surface area contributed by atoms with Gasteiger partial charge in [-0.1, -0.05) is 41.6 Å². The maximum absolute atomic E-state index is 13.7. The van der Waals surface area contributed by atoms with Gasteiger partial charge < -0.3 is 10.1 Å². The van der Waals surface area contributed by atoms with Gasteiger partial charge in [0.25, 0.3) is 0 Å². The number of benzene rings is 1. The van der Waals surface area contributed by atoms with Gasteiger partial charge >= 0.3 is 6.09 Å². The summed E-state index contributed by atoms with van der Waals surface area (Å²) in [6.45, 7) is 0.0803. The Morgan fingerprint density at radius 3 is 2.40 bits per heavy atom. The van der Waals surface area contributed by atoms with Crippen LogP contribution in [-0.2, 0) is 4.74 Å². The average Bonchev–Trinajstić information content (AvgIpc) is 3.22. The molecule has 1 N–H and O–H groups in total. The van der Waals surface area contributed by atoms with Gasteiger partial charge in [-0.15, -0.1) is 12.8 Å². The number of amides is 1. The van der Waals surface area contributed by atoms with Gasteiger partial charge in [0, 0.05) is 40.3 Å². The molecule has 7 heteroatoms. The van der Waals surface area contributed by atoms with E-state index in [1.165, 1.54) is 6.20 Å². The molecule has 30 heavy (non-hydrogen) atoms. The zero-order valence-electron chi connectivity index (χ0n) is 15.8. The van der Waals surface area contributed by atoms with Crippen LogP contribution in [-0.4, -0.2) is 22.7 Å². The molecule has 1 aromatic carbocycles. The molecule has 3 aromatic rings. The number of nitrogens with zero attached hydrogens (tertiary/aromatic N) is 2. The van der Waals surface area contributed by atoms with Crippen molar-refractivity contribution in [2.75, 3.05) is 6.61 Å². The molecule has 1 fully saturated rings. The standard InChI is InChI=1S/C15H10FN3O2.C6H5Cl.C2H2/c16-14-12(13-9-21-15(20)19-13)6-11(8-18-14)4-3-10-2-1-5-17-7-10;7-6-4-2-1-3-5-6;1-2/h1-2,5-8,13H,9H2,(H,19,20);1-5H;1-2H/t13-;;/m0../s1. The molecule has 0 radical (unpaired) electrons. The third-order valence-electron chi connectivity index (χ3n) is 3.66. The van der Waals surface area contributed by atoms with Crippen molar-refractivity contribution in [3.8, 4) is 24.7 Å². The fourth-order valence-electron chi connectivity index (χ4n) is 2.33. The number of rotatable bonds is 1. The predicted molar refractivity (Wildman–Crippen MR) is 113 cm³/mol. The Hall–Kier alpha value is -3.87. The number of aromatic nitrogens is 2. The Kier molecular flexibility index (Phi) is 8.86. The molecule has 0 aliphatic carbocycles. The van der Waals surface area contributed by atoms with Crippen LogP contribution < -0.4 is 5.32 Å². The van der Waals surface area contributed by atoms with Crippen molar-refractivity contribution in [3.63, 3.8) is 0 Å². The van der Waals surface area contributed by atoms with Crippen molar-refractivity contribution in [3.05, 3.63) is 94.8 Å². The van der Waals surface area contributed by atoms with E-state index in [2.05, 4.69) is 40.0 Å². The lowest BCUT2D eigenvalue weighted by Gasteiger charge is -2.08. The topological polar surface area (TPSA) is 64.1 Å². The van der Waals surface area contributed by atoms with Gasteiger partial charge in [-0.25, -0.2) is 9.78 Å². The maximum Gasteiger partial charge on any atom is 0.407 e. The van der Waals surface area contributed by atoms with Crippen LogP contribution in [0.3, 0.4) is 0 Å². The number of carbonyl (C=O) groups excluding carboxylic acids is 1. The summed E-state index contributed by atoms with van der Waals surface area (Å²) in [5.74, 6) is 5.16. The molecule has 0 spiro atoms. The minimum Gasteiger partial charge on any atom is -0.447 e. The van der Waals surface area contributed by atoms with Gasteiger partial charge in [0.1, 0.15) is 6.61 Å². The fourth-order valence-corrected chi connectivity index (χ4v) is 2.47. The summed E-state index contributed by atoms with van der Waals surface area (Å²) >= 11 is 5.54. The number of ether oxygens (including phenoxy) is 1. The Bertz CT molecular complexity index is 1050. The summed E-state index contributed by atoms with van der Waals surface area (Å²) in [4.78, 5) is 18.6. The summed E-state index contributed by atoms with van der Waals surface area (Å²) in [7, 11) is 0. The molecule has 5 nitrogen and oxygen atoms in total. The first kappa shape index (κ1) is 22.4. The van der Waals surface area contributed by atoms with Gasteiger partial charge in [0.15, 0.2) is 0 Å². The number of hydrogen-bond acceptors (Lipinski definition) is 4. The lowest BCUT2D eigenvalue weighted by Crippen LogP contribution is -2.19. The number of halogens is 2.